The Kier molecular flexibility index (Phi) is 4.75. The van der Waals surface area contributed by atoms with Gasteiger partial charge in [0.05, 0.1) is 10.6 Å². The number of hydrogen-bond donors (Lipinski definition) is 2. The smallest absolute Gasteiger partial charge is 0.143 e. The lowest BCUT2D eigenvalue weighted by Gasteiger charge is -2.17. The van der Waals surface area contributed by atoms with Gasteiger partial charge >= 0.3 is 0 Å². The SMILES string of the molecule is CC(C)(C)ON=C(c1cc(F)c(Cl)cc1O)c1ncccc1O. The summed E-state index contributed by atoms with van der Waals surface area (Å²) in [6.45, 7) is 5.32. The summed E-state index contributed by atoms with van der Waals surface area (Å²) in [6.07, 6.45) is 1.44. The molecular weight excluding hydrogens is 323 g/mol. The van der Waals surface area contributed by atoms with E-state index in [0.717, 1.165) is 12.1 Å². The van der Waals surface area contributed by atoms with Gasteiger partial charge in [-0.25, -0.2) is 4.39 Å². The molecule has 0 bridgehead atoms. The van der Waals surface area contributed by atoms with Gasteiger partial charge in [0, 0.05) is 12.3 Å². The third-order valence-corrected chi connectivity index (χ3v) is 3.00. The molecule has 23 heavy (non-hydrogen) atoms. The summed E-state index contributed by atoms with van der Waals surface area (Å²) in [4.78, 5) is 9.37. The van der Waals surface area contributed by atoms with Gasteiger partial charge in [-0.05, 0) is 39.0 Å². The number of rotatable bonds is 3. The monoisotopic (exact) mass is 338 g/mol. The number of pyridine rings is 1. The lowest BCUT2D eigenvalue weighted by atomic mass is 10.0. The van der Waals surface area contributed by atoms with Crippen LogP contribution in [0.2, 0.25) is 5.02 Å². The highest BCUT2D eigenvalue weighted by atomic mass is 35.5. The minimum atomic E-state index is -0.738. The molecule has 0 aliphatic heterocycles. The van der Waals surface area contributed by atoms with Crippen molar-refractivity contribution in [3.8, 4) is 11.5 Å². The second kappa shape index (κ2) is 6.42. The average Bonchev–Trinajstić information content (AvgIpc) is 2.45. The van der Waals surface area contributed by atoms with Gasteiger partial charge in [-0.2, -0.15) is 0 Å². The van der Waals surface area contributed by atoms with Crippen LogP contribution in [-0.4, -0.2) is 26.5 Å². The van der Waals surface area contributed by atoms with Gasteiger partial charge in [-0.15, -0.1) is 0 Å². The number of aromatic hydroxyl groups is 2. The van der Waals surface area contributed by atoms with E-state index in [1.807, 2.05) is 0 Å². The molecule has 1 aromatic carbocycles. The van der Waals surface area contributed by atoms with Crippen molar-refractivity contribution >= 4 is 17.3 Å². The minimum Gasteiger partial charge on any atom is -0.507 e. The molecule has 0 aliphatic rings. The molecule has 0 unspecified atom stereocenters. The molecule has 2 N–H and O–H groups in total. The van der Waals surface area contributed by atoms with E-state index in [1.54, 1.807) is 20.8 Å². The van der Waals surface area contributed by atoms with Gasteiger partial charge in [-0.3, -0.25) is 4.98 Å². The molecule has 2 rings (SSSR count). The van der Waals surface area contributed by atoms with Crippen LogP contribution in [0, 0.1) is 5.82 Å². The summed E-state index contributed by atoms with van der Waals surface area (Å²) in [6, 6.07) is 5.00. The summed E-state index contributed by atoms with van der Waals surface area (Å²) in [7, 11) is 0. The summed E-state index contributed by atoms with van der Waals surface area (Å²) in [5.41, 5.74) is -0.582. The zero-order chi connectivity index (χ0) is 17.2. The second-order valence-electron chi connectivity index (χ2n) is 5.80. The molecule has 0 fully saturated rings. The molecule has 0 spiro atoms. The fraction of sp³-hybridized carbons (Fsp3) is 0.250. The van der Waals surface area contributed by atoms with Crippen molar-refractivity contribution in [3.05, 3.63) is 52.6 Å². The molecular formula is C16H16ClFN2O3. The van der Waals surface area contributed by atoms with E-state index in [1.165, 1.54) is 18.3 Å². The van der Waals surface area contributed by atoms with Gasteiger partial charge in [0.15, 0.2) is 0 Å². The lowest BCUT2D eigenvalue weighted by Crippen LogP contribution is -2.18. The molecule has 7 heteroatoms. The van der Waals surface area contributed by atoms with Crippen LogP contribution in [0.3, 0.4) is 0 Å². The summed E-state index contributed by atoms with van der Waals surface area (Å²) in [5, 5.41) is 23.8. The molecule has 2 aromatic rings. The van der Waals surface area contributed by atoms with E-state index in [4.69, 9.17) is 16.4 Å². The van der Waals surface area contributed by atoms with Crippen molar-refractivity contribution < 1.29 is 19.4 Å². The highest BCUT2D eigenvalue weighted by molar-refractivity contribution is 6.31. The summed E-state index contributed by atoms with van der Waals surface area (Å²) in [5.74, 6) is -1.23. The summed E-state index contributed by atoms with van der Waals surface area (Å²) < 4.78 is 13.8. The number of oxime groups is 1. The maximum Gasteiger partial charge on any atom is 0.143 e. The van der Waals surface area contributed by atoms with E-state index in [2.05, 4.69) is 10.1 Å². The number of nitrogens with zero attached hydrogens (tertiary/aromatic N) is 2. The van der Waals surface area contributed by atoms with Crippen LogP contribution in [0.25, 0.3) is 0 Å². The number of hydrogen-bond acceptors (Lipinski definition) is 5. The molecule has 0 saturated carbocycles. The molecule has 0 aliphatic carbocycles. The maximum atomic E-state index is 13.8. The molecule has 0 amide bonds. The van der Waals surface area contributed by atoms with E-state index in [-0.39, 0.29) is 33.5 Å². The molecule has 0 atom stereocenters. The quantitative estimate of drug-likeness (QED) is 0.658. The zero-order valence-corrected chi connectivity index (χ0v) is 13.6. The third-order valence-electron chi connectivity index (χ3n) is 2.72. The molecule has 122 valence electrons. The van der Waals surface area contributed by atoms with Crippen molar-refractivity contribution in [2.75, 3.05) is 0 Å². The number of phenolic OH excluding ortho intramolecular Hbond substituents is 1. The minimum absolute atomic E-state index is 0.00477. The van der Waals surface area contributed by atoms with Crippen LogP contribution in [0.1, 0.15) is 32.0 Å². The molecule has 1 aromatic heterocycles. The Morgan fingerprint density at radius 1 is 1.26 bits per heavy atom. The molecule has 0 radical (unpaired) electrons. The van der Waals surface area contributed by atoms with Gasteiger partial charge in [0.1, 0.15) is 34.3 Å². The third kappa shape index (κ3) is 4.10. The Morgan fingerprint density at radius 2 is 1.96 bits per heavy atom. The van der Waals surface area contributed by atoms with E-state index in [9.17, 15) is 14.6 Å². The van der Waals surface area contributed by atoms with Crippen LogP contribution in [0.4, 0.5) is 4.39 Å². The van der Waals surface area contributed by atoms with Crippen molar-refractivity contribution in [1.82, 2.24) is 4.98 Å². The van der Waals surface area contributed by atoms with Crippen molar-refractivity contribution in [1.29, 1.82) is 0 Å². The Morgan fingerprint density at radius 3 is 2.57 bits per heavy atom. The number of halogens is 2. The Hall–Kier alpha value is -2.34. The Balaban J connectivity index is 2.64. The second-order valence-corrected chi connectivity index (χ2v) is 6.21. The van der Waals surface area contributed by atoms with E-state index >= 15 is 0 Å². The standard InChI is InChI=1S/C16H16ClFN2O3/c1-16(2,3)23-20-14(15-12(21)5-4-6-19-15)9-7-11(18)10(17)8-13(9)22/h4-8,21-22H,1-3H3. The Bertz CT molecular complexity index is 757. The first-order valence-electron chi connectivity index (χ1n) is 6.78. The van der Waals surface area contributed by atoms with Gasteiger partial charge in [-0.1, -0.05) is 16.8 Å². The highest BCUT2D eigenvalue weighted by Gasteiger charge is 2.21. The van der Waals surface area contributed by atoms with Crippen molar-refractivity contribution in [3.63, 3.8) is 0 Å². The number of phenols is 1. The van der Waals surface area contributed by atoms with Crippen molar-refractivity contribution in [2.24, 2.45) is 5.16 Å². The molecule has 5 nitrogen and oxygen atoms in total. The maximum absolute atomic E-state index is 13.8. The van der Waals surface area contributed by atoms with Crippen molar-refractivity contribution in [2.45, 2.75) is 26.4 Å². The first-order valence-corrected chi connectivity index (χ1v) is 7.16. The predicted molar refractivity (Wildman–Crippen MR) is 85.5 cm³/mol. The van der Waals surface area contributed by atoms with Crippen LogP contribution < -0.4 is 0 Å². The highest BCUT2D eigenvalue weighted by Crippen LogP contribution is 2.29. The normalized spacial score (nSPS) is 12.3. The Labute approximate surface area is 138 Å². The molecule has 0 saturated heterocycles. The first-order chi connectivity index (χ1) is 10.7. The topological polar surface area (TPSA) is 74.9 Å². The number of aromatic nitrogens is 1. The molecule has 1 heterocycles. The van der Waals surface area contributed by atoms with Gasteiger partial charge in [0.25, 0.3) is 0 Å². The first kappa shape index (κ1) is 17.0. The average molecular weight is 339 g/mol. The van der Waals surface area contributed by atoms with Crippen LogP contribution in [-0.2, 0) is 4.84 Å². The zero-order valence-electron chi connectivity index (χ0n) is 12.8. The van der Waals surface area contributed by atoms with Crippen LogP contribution in [0.15, 0.2) is 35.6 Å². The number of benzene rings is 1. The lowest BCUT2D eigenvalue weighted by molar-refractivity contribution is 0.00108. The van der Waals surface area contributed by atoms with Crippen LogP contribution in [0.5, 0.6) is 11.5 Å². The fourth-order valence-corrected chi connectivity index (χ4v) is 1.87. The van der Waals surface area contributed by atoms with E-state index in [0.29, 0.717) is 0 Å². The predicted octanol–water partition coefficient (Wildman–Crippen LogP) is 3.85. The van der Waals surface area contributed by atoms with Gasteiger partial charge in [0.2, 0.25) is 0 Å². The largest absolute Gasteiger partial charge is 0.507 e. The summed E-state index contributed by atoms with van der Waals surface area (Å²) >= 11 is 5.65. The van der Waals surface area contributed by atoms with E-state index < -0.39 is 11.4 Å². The van der Waals surface area contributed by atoms with Gasteiger partial charge < -0.3 is 15.1 Å². The fourth-order valence-electron chi connectivity index (χ4n) is 1.71. The van der Waals surface area contributed by atoms with Crippen LogP contribution >= 0.6 is 11.6 Å².